The molecule has 1 aromatic heterocycles. The van der Waals surface area contributed by atoms with Gasteiger partial charge < -0.3 is 10.3 Å². The Bertz CT molecular complexity index is 1100. The maximum Gasteiger partial charge on any atom is 0.451 e. The number of H-pyrrole nitrogens is 1. The van der Waals surface area contributed by atoms with E-state index in [-0.39, 0.29) is 11.7 Å². The first-order chi connectivity index (χ1) is 13.1. The van der Waals surface area contributed by atoms with Crippen LogP contribution in [-0.2, 0) is 16.4 Å². The van der Waals surface area contributed by atoms with Crippen molar-refractivity contribution < 1.29 is 18.0 Å². The van der Waals surface area contributed by atoms with Gasteiger partial charge in [-0.05, 0) is 55.2 Å². The molecule has 0 saturated carbocycles. The van der Waals surface area contributed by atoms with Crippen molar-refractivity contribution in [3.05, 3.63) is 53.3 Å². The Balaban J connectivity index is 1.76. The van der Waals surface area contributed by atoms with Gasteiger partial charge in [-0.3, -0.25) is 4.79 Å². The van der Waals surface area contributed by atoms with Gasteiger partial charge in [-0.25, -0.2) is 0 Å². The van der Waals surface area contributed by atoms with E-state index in [0.717, 1.165) is 27.9 Å². The summed E-state index contributed by atoms with van der Waals surface area (Å²) in [6.45, 7) is 5.64. The van der Waals surface area contributed by atoms with Crippen LogP contribution in [-0.4, -0.2) is 21.1 Å². The lowest BCUT2D eigenvalue weighted by Gasteiger charge is -2.15. The Morgan fingerprint density at radius 1 is 1.00 bits per heavy atom. The van der Waals surface area contributed by atoms with Crippen molar-refractivity contribution in [2.24, 2.45) is 0 Å². The van der Waals surface area contributed by atoms with E-state index >= 15 is 0 Å². The fourth-order valence-corrected chi connectivity index (χ4v) is 3.36. The van der Waals surface area contributed by atoms with E-state index in [2.05, 4.69) is 20.5 Å². The van der Waals surface area contributed by atoms with Crippen LogP contribution in [0.1, 0.15) is 30.8 Å². The Morgan fingerprint density at radius 3 is 2.39 bits per heavy atom. The average Bonchev–Trinajstić information content (AvgIpc) is 3.19. The Morgan fingerprint density at radius 2 is 1.71 bits per heavy atom. The second-order valence-corrected chi connectivity index (χ2v) is 7.39. The van der Waals surface area contributed by atoms with E-state index < -0.39 is 17.4 Å². The minimum absolute atomic E-state index is 0.0455. The molecular weight excluding hydrogens is 369 g/mol. The molecule has 0 unspecified atom stereocenters. The van der Waals surface area contributed by atoms with E-state index in [1.807, 2.05) is 45.0 Å². The summed E-state index contributed by atoms with van der Waals surface area (Å²) in [6.07, 6.45) is -4.58. The van der Waals surface area contributed by atoms with Gasteiger partial charge in [-0.1, -0.05) is 24.3 Å². The van der Waals surface area contributed by atoms with Gasteiger partial charge in [0.15, 0.2) is 5.82 Å². The number of aromatic nitrogens is 3. The fraction of sp³-hybridized carbons (Fsp3) is 0.250. The SMILES string of the molecule is Cc1ccc(-c2nnc(C(F)(F)F)[nH]2)cc1-c1ccc2c(c1)NC(=O)C2(C)C. The number of aromatic amines is 1. The number of hydrogen-bond donors (Lipinski definition) is 2. The third-order valence-electron chi connectivity index (χ3n) is 5.09. The molecule has 1 aliphatic heterocycles. The van der Waals surface area contributed by atoms with Gasteiger partial charge in [0.1, 0.15) is 0 Å². The van der Waals surface area contributed by atoms with Gasteiger partial charge in [0.05, 0.1) is 5.41 Å². The first-order valence-corrected chi connectivity index (χ1v) is 8.64. The van der Waals surface area contributed by atoms with Crippen LogP contribution in [0, 0.1) is 6.92 Å². The highest BCUT2D eigenvalue weighted by molar-refractivity contribution is 6.06. The number of rotatable bonds is 2. The highest BCUT2D eigenvalue weighted by atomic mass is 19.4. The number of amides is 1. The van der Waals surface area contributed by atoms with Crippen LogP contribution in [0.2, 0.25) is 0 Å². The van der Waals surface area contributed by atoms with Crippen LogP contribution in [0.25, 0.3) is 22.5 Å². The molecule has 8 heteroatoms. The van der Waals surface area contributed by atoms with Gasteiger partial charge in [0, 0.05) is 11.3 Å². The van der Waals surface area contributed by atoms with Crippen molar-refractivity contribution in [3.63, 3.8) is 0 Å². The normalized spacial score (nSPS) is 15.4. The second kappa shape index (κ2) is 5.92. The molecule has 2 heterocycles. The molecule has 0 spiro atoms. The number of anilines is 1. The van der Waals surface area contributed by atoms with Crippen molar-refractivity contribution >= 4 is 11.6 Å². The van der Waals surface area contributed by atoms with Crippen LogP contribution in [0.15, 0.2) is 36.4 Å². The Labute approximate surface area is 159 Å². The largest absolute Gasteiger partial charge is 0.451 e. The van der Waals surface area contributed by atoms with E-state index in [9.17, 15) is 18.0 Å². The molecular formula is C20H17F3N4O. The van der Waals surface area contributed by atoms with Crippen molar-refractivity contribution in [1.29, 1.82) is 0 Å². The van der Waals surface area contributed by atoms with Crippen molar-refractivity contribution in [1.82, 2.24) is 15.2 Å². The molecule has 28 heavy (non-hydrogen) atoms. The van der Waals surface area contributed by atoms with Crippen molar-refractivity contribution in [2.75, 3.05) is 5.32 Å². The molecule has 3 aromatic rings. The summed E-state index contributed by atoms with van der Waals surface area (Å²) in [5.41, 5.74) is 4.20. The lowest BCUT2D eigenvalue weighted by molar-refractivity contribution is -0.144. The summed E-state index contributed by atoms with van der Waals surface area (Å²) in [5, 5.41) is 9.69. The molecule has 1 amide bonds. The van der Waals surface area contributed by atoms with E-state index in [0.29, 0.717) is 5.56 Å². The van der Waals surface area contributed by atoms with E-state index in [1.54, 1.807) is 12.1 Å². The molecule has 0 atom stereocenters. The number of alkyl halides is 3. The average molecular weight is 386 g/mol. The summed E-state index contributed by atoms with van der Waals surface area (Å²) in [4.78, 5) is 14.4. The number of benzene rings is 2. The van der Waals surface area contributed by atoms with Crippen LogP contribution >= 0.6 is 0 Å². The molecule has 4 rings (SSSR count). The second-order valence-electron chi connectivity index (χ2n) is 7.39. The number of fused-ring (bicyclic) bond motifs is 1. The molecule has 1 aliphatic rings. The first-order valence-electron chi connectivity index (χ1n) is 8.64. The van der Waals surface area contributed by atoms with Gasteiger partial charge in [-0.15, -0.1) is 10.2 Å². The van der Waals surface area contributed by atoms with Crippen molar-refractivity contribution in [2.45, 2.75) is 32.4 Å². The fourth-order valence-electron chi connectivity index (χ4n) is 3.36. The number of carbonyl (C=O) groups excluding carboxylic acids is 1. The smallest absolute Gasteiger partial charge is 0.325 e. The topological polar surface area (TPSA) is 70.7 Å². The summed E-state index contributed by atoms with van der Waals surface area (Å²) in [7, 11) is 0. The standard InChI is InChI=1S/C20H17F3N4O/c1-10-4-5-12(16-25-17(27-26-16)20(21,22)23)8-13(10)11-6-7-14-15(9-11)24-18(28)19(14,2)3/h4-9H,1-3H3,(H,24,28)(H,25,26,27). The number of halogens is 3. The molecule has 0 radical (unpaired) electrons. The molecule has 0 bridgehead atoms. The first kappa shape index (κ1) is 18.2. The summed E-state index contributed by atoms with van der Waals surface area (Å²) in [6, 6.07) is 11.0. The quantitative estimate of drug-likeness (QED) is 0.671. The lowest BCUT2D eigenvalue weighted by Crippen LogP contribution is -2.26. The number of aryl methyl sites for hydroxylation is 1. The molecule has 2 N–H and O–H groups in total. The summed E-state index contributed by atoms with van der Waals surface area (Å²) in [5.74, 6) is -1.15. The zero-order valence-electron chi connectivity index (χ0n) is 15.4. The minimum Gasteiger partial charge on any atom is -0.325 e. The minimum atomic E-state index is -4.58. The van der Waals surface area contributed by atoms with Gasteiger partial charge >= 0.3 is 6.18 Å². The molecule has 0 aliphatic carbocycles. The maximum atomic E-state index is 12.8. The maximum absolute atomic E-state index is 12.8. The number of nitrogens with zero attached hydrogens (tertiary/aromatic N) is 2. The Kier molecular flexibility index (Phi) is 3.85. The van der Waals surface area contributed by atoms with Crippen LogP contribution in [0.3, 0.4) is 0 Å². The molecule has 0 saturated heterocycles. The molecule has 0 fully saturated rings. The third-order valence-corrected chi connectivity index (χ3v) is 5.09. The van der Waals surface area contributed by atoms with Gasteiger partial charge in [0.25, 0.3) is 0 Å². The van der Waals surface area contributed by atoms with E-state index in [1.165, 1.54) is 0 Å². The van der Waals surface area contributed by atoms with Crippen LogP contribution < -0.4 is 5.32 Å². The monoisotopic (exact) mass is 386 g/mol. The van der Waals surface area contributed by atoms with E-state index in [4.69, 9.17) is 0 Å². The van der Waals surface area contributed by atoms with Crippen LogP contribution in [0.5, 0.6) is 0 Å². The zero-order valence-corrected chi connectivity index (χ0v) is 15.4. The van der Waals surface area contributed by atoms with Gasteiger partial charge in [-0.2, -0.15) is 13.2 Å². The third kappa shape index (κ3) is 2.85. The predicted molar refractivity (Wildman–Crippen MR) is 98.6 cm³/mol. The Hall–Kier alpha value is -3.16. The molecule has 2 aromatic carbocycles. The lowest BCUT2D eigenvalue weighted by atomic mass is 9.85. The predicted octanol–water partition coefficient (Wildman–Crippen LogP) is 4.70. The van der Waals surface area contributed by atoms with Crippen molar-refractivity contribution in [3.8, 4) is 22.5 Å². The highest BCUT2D eigenvalue weighted by Crippen LogP contribution is 2.40. The summed E-state index contributed by atoms with van der Waals surface area (Å²) >= 11 is 0. The van der Waals surface area contributed by atoms with Crippen LogP contribution in [0.4, 0.5) is 18.9 Å². The highest BCUT2D eigenvalue weighted by Gasteiger charge is 2.38. The number of nitrogens with one attached hydrogen (secondary N) is 2. The van der Waals surface area contributed by atoms with Gasteiger partial charge in [0.2, 0.25) is 11.7 Å². The number of carbonyl (C=O) groups is 1. The molecule has 5 nitrogen and oxygen atoms in total. The summed E-state index contributed by atoms with van der Waals surface area (Å²) < 4.78 is 38.3. The molecule has 144 valence electrons. The number of hydrogen-bond acceptors (Lipinski definition) is 3. The zero-order chi connectivity index (χ0) is 20.3.